The van der Waals surface area contributed by atoms with E-state index in [4.69, 9.17) is 0 Å². The van der Waals surface area contributed by atoms with Gasteiger partial charge in [-0.2, -0.15) is 0 Å². The van der Waals surface area contributed by atoms with Crippen LogP contribution < -0.4 is 9.80 Å². The summed E-state index contributed by atoms with van der Waals surface area (Å²) in [5, 5.41) is 0. The molecular weight excluding hydrogens is 629 g/mol. The Morgan fingerprint density at radius 2 is 0.596 bits per heavy atom. The lowest BCUT2D eigenvalue weighted by molar-refractivity contribution is 1.24. The second kappa shape index (κ2) is 15.7. The average Bonchev–Trinajstić information content (AvgIpc) is 3.17. The zero-order valence-corrected chi connectivity index (χ0v) is 30.4. The van der Waals surface area contributed by atoms with Gasteiger partial charge in [-0.1, -0.05) is 145 Å². The van der Waals surface area contributed by atoms with E-state index in [-0.39, 0.29) is 0 Å². The molecule has 7 aromatic rings. The van der Waals surface area contributed by atoms with E-state index in [2.05, 4.69) is 232 Å². The summed E-state index contributed by atoms with van der Waals surface area (Å²) in [6, 6.07) is 60.7. The highest BCUT2D eigenvalue weighted by atomic mass is 15.1. The Morgan fingerprint density at radius 3 is 0.904 bits per heavy atom. The maximum absolute atomic E-state index is 2.33. The lowest BCUT2D eigenvalue weighted by Gasteiger charge is -2.27. The summed E-state index contributed by atoms with van der Waals surface area (Å²) in [6.45, 7) is 8.65. The standard InChI is InChI=1S/C50H44N2/c1-37-15-33-49(39(3)35-37)51(45-11-7-5-8-12-45)47-29-25-43(26-30-47)23-21-41-17-19-42(20-18-41)22-24-44-27-31-48(32-28-44)52(46-13-9-6-10-14-46)50-34-16-38(2)36-40(50)4/h5-36H,1-4H3/b23-21+,24-22+. The molecule has 7 aromatic carbocycles. The number of hydrogen-bond acceptors (Lipinski definition) is 2. The van der Waals surface area contributed by atoms with Crippen LogP contribution >= 0.6 is 0 Å². The molecule has 2 heteroatoms. The van der Waals surface area contributed by atoms with Gasteiger partial charge < -0.3 is 9.80 Å². The van der Waals surface area contributed by atoms with Crippen molar-refractivity contribution in [2.24, 2.45) is 0 Å². The maximum atomic E-state index is 2.33. The number of nitrogens with zero attached hydrogens (tertiary/aromatic N) is 2. The van der Waals surface area contributed by atoms with E-state index in [1.165, 1.54) is 44.8 Å². The van der Waals surface area contributed by atoms with Crippen molar-refractivity contribution in [1.82, 2.24) is 0 Å². The van der Waals surface area contributed by atoms with Gasteiger partial charge in [0.1, 0.15) is 0 Å². The molecule has 0 fully saturated rings. The fourth-order valence-corrected chi connectivity index (χ4v) is 6.69. The van der Waals surface area contributed by atoms with Crippen LogP contribution in [-0.2, 0) is 0 Å². The van der Waals surface area contributed by atoms with Gasteiger partial charge in [-0.25, -0.2) is 0 Å². The molecule has 0 aliphatic heterocycles. The highest BCUT2D eigenvalue weighted by Gasteiger charge is 2.15. The molecule has 0 saturated carbocycles. The number of benzene rings is 7. The van der Waals surface area contributed by atoms with Crippen LogP contribution in [0.25, 0.3) is 24.3 Å². The monoisotopic (exact) mass is 672 g/mol. The topological polar surface area (TPSA) is 6.48 Å². The van der Waals surface area contributed by atoms with Crippen LogP contribution in [0.15, 0.2) is 170 Å². The predicted molar refractivity (Wildman–Crippen MR) is 225 cm³/mol. The molecule has 0 amide bonds. The Hall–Kier alpha value is -6.38. The van der Waals surface area contributed by atoms with Crippen molar-refractivity contribution in [2.45, 2.75) is 27.7 Å². The summed E-state index contributed by atoms with van der Waals surface area (Å²) in [5.74, 6) is 0. The number of hydrogen-bond donors (Lipinski definition) is 0. The first-order chi connectivity index (χ1) is 25.4. The second-order valence-electron chi connectivity index (χ2n) is 13.4. The molecular formula is C50H44N2. The molecule has 52 heavy (non-hydrogen) atoms. The fraction of sp³-hybridized carbons (Fsp3) is 0.0800. The number of aryl methyl sites for hydroxylation is 4. The van der Waals surface area contributed by atoms with E-state index in [0.717, 1.165) is 33.9 Å². The van der Waals surface area contributed by atoms with Crippen LogP contribution in [-0.4, -0.2) is 0 Å². The van der Waals surface area contributed by atoms with E-state index in [1.54, 1.807) is 0 Å². The van der Waals surface area contributed by atoms with E-state index in [1.807, 2.05) is 0 Å². The third-order valence-electron chi connectivity index (χ3n) is 9.39. The molecule has 0 radical (unpaired) electrons. The highest BCUT2D eigenvalue weighted by molar-refractivity contribution is 5.81. The molecule has 0 aliphatic rings. The Labute approximate surface area is 309 Å². The van der Waals surface area contributed by atoms with Crippen molar-refractivity contribution in [1.29, 1.82) is 0 Å². The Bertz CT molecular complexity index is 2130. The molecule has 0 unspecified atom stereocenters. The molecule has 7 rings (SSSR count). The Balaban J connectivity index is 1.03. The summed E-state index contributed by atoms with van der Waals surface area (Å²) >= 11 is 0. The summed E-state index contributed by atoms with van der Waals surface area (Å²) in [4.78, 5) is 4.66. The van der Waals surface area contributed by atoms with Crippen LogP contribution in [0.3, 0.4) is 0 Å². The van der Waals surface area contributed by atoms with E-state index < -0.39 is 0 Å². The molecule has 0 bridgehead atoms. The van der Waals surface area contributed by atoms with Crippen LogP contribution in [0.2, 0.25) is 0 Å². The molecule has 0 heterocycles. The van der Waals surface area contributed by atoms with Crippen LogP contribution in [0, 0.1) is 27.7 Å². The van der Waals surface area contributed by atoms with Crippen molar-refractivity contribution >= 4 is 58.4 Å². The van der Waals surface area contributed by atoms with Crippen molar-refractivity contribution in [2.75, 3.05) is 9.80 Å². The van der Waals surface area contributed by atoms with Gasteiger partial charge in [0.05, 0.1) is 0 Å². The average molecular weight is 673 g/mol. The zero-order chi connectivity index (χ0) is 35.9. The van der Waals surface area contributed by atoms with Crippen LogP contribution in [0.4, 0.5) is 34.1 Å². The number of anilines is 6. The van der Waals surface area contributed by atoms with Gasteiger partial charge in [0.2, 0.25) is 0 Å². The quantitative estimate of drug-likeness (QED) is 0.133. The summed E-state index contributed by atoms with van der Waals surface area (Å²) in [6.07, 6.45) is 8.71. The summed E-state index contributed by atoms with van der Waals surface area (Å²) in [5.41, 5.74) is 16.6. The van der Waals surface area contributed by atoms with Gasteiger partial charge in [-0.3, -0.25) is 0 Å². The van der Waals surface area contributed by atoms with Crippen molar-refractivity contribution in [3.8, 4) is 0 Å². The normalized spacial score (nSPS) is 11.3. The Morgan fingerprint density at radius 1 is 0.308 bits per heavy atom. The van der Waals surface area contributed by atoms with Gasteiger partial charge in [0.15, 0.2) is 0 Å². The minimum absolute atomic E-state index is 1.14. The maximum Gasteiger partial charge on any atom is 0.0490 e. The molecule has 254 valence electrons. The molecule has 0 atom stereocenters. The first-order valence-electron chi connectivity index (χ1n) is 17.9. The van der Waals surface area contributed by atoms with Gasteiger partial charge in [-0.15, -0.1) is 0 Å². The van der Waals surface area contributed by atoms with E-state index in [9.17, 15) is 0 Å². The largest absolute Gasteiger partial charge is 0.310 e. The molecule has 0 N–H and O–H groups in total. The van der Waals surface area contributed by atoms with Gasteiger partial charge in [0.25, 0.3) is 0 Å². The second-order valence-corrected chi connectivity index (χ2v) is 13.4. The third-order valence-corrected chi connectivity index (χ3v) is 9.39. The molecule has 2 nitrogen and oxygen atoms in total. The summed E-state index contributed by atoms with van der Waals surface area (Å²) in [7, 11) is 0. The van der Waals surface area contributed by atoms with Gasteiger partial charge in [-0.05, 0) is 122 Å². The smallest absolute Gasteiger partial charge is 0.0490 e. The predicted octanol–water partition coefficient (Wildman–Crippen LogP) is 14.2. The van der Waals surface area contributed by atoms with Gasteiger partial charge in [0, 0.05) is 34.1 Å². The SMILES string of the molecule is Cc1ccc(N(c2ccccc2)c2ccc(/C=C/c3ccc(/C=C/c4ccc(N(c5ccccc5)c5ccc(C)cc5C)cc4)cc3)cc2)c(C)c1. The van der Waals surface area contributed by atoms with Crippen LogP contribution in [0.5, 0.6) is 0 Å². The van der Waals surface area contributed by atoms with Crippen molar-refractivity contribution in [3.05, 3.63) is 214 Å². The van der Waals surface area contributed by atoms with Crippen molar-refractivity contribution < 1.29 is 0 Å². The first kappa shape index (κ1) is 34.1. The first-order valence-corrected chi connectivity index (χ1v) is 17.9. The van der Waals surface area contributed by atoms with E-state index >= 15 is 0 Å². The molecule has 0 saturated heterocycles. The Kier molecular flexibility index (Phi) is 10.3. The van der Waals surface area contributed by atoms with Crippen molar-refractivity contribution in [3.63, 3.8) is 0 Å². The number of rotatable bonds is 10. The zero-order valence-electron chi connectivity index (χ0n) is 30.4. The lowest BCUT2D eigenvalue weighted by Crippen LogP contribution is -2.11. The van der Waals surface area contributed by atoms with Gasteiger partial charge >= 0.3 is 0 Å². The molecule has 0 aliphatic carbocycles. The molecule has 0 aromatic heterocycles. The fourth-order valence-electron chi connectivity index (χ4n) is 6.69. The highest BCUT2D eigenvalue weighted by Crippen LogP contribution is 2.38. The lowest BCUT2D eigenvalue weighted by atomic mass is 10.1. The minimum Gasteiger partial charge on any atom is -0.310 e. The third kappa shape index (κ3) is 7.98. The number of para-hydroxylation sites is 2. The van der Waals surface area contributed by atoms with Crippen LogP contribution in [0.1, 0.15) is 44.5 Å². The molecule has 0 spiro atoms. The summed E-state index contributed by atoms with van der Waals surface area (Å²) < 4.78 is 0. The minimum atomic E-state index is 1.14. The van der Waals surface area contributed by atoms with E-state index in [0.29, 0.717) is 0 Å².